The number of carbonyl (C=O) groups is 2. The Hall–Kier alpha value is -1.20. The van der Waals surface area contributed by atoms with E-state index in [0.29, 0.717) is 0 Å². The van der Waals surface area contributed by atoms with Crippen LogP contribution in [0.3, 0.4) is 0 Å². The number of carboxylic acid groups (broad SMARTS) is 1. The molecule has 0 bridgehead atoms. The first-order valence-electron chi connectivity index (χ1n) is 2.51. The molecular formula is C6H6O4S. The van der Waals surface area contributed by atoms with Crippen LogP contribution in [0.2, 0.25) is 0 Å². The van der Waals surface area contributed by atoms with Gasteiger partial charge in [-0.05, 0) is 11.4 Å². The molecule has 0 aliphatic carbocycles. The fraction of sp³-hybridized carbons (Fsp3) is 0. The van der Waals surface area contributed by atoms with Gasteiger partial charge in [0.15, 0.2) is 0 Å². The Kier molecular flexibility index (Phi) is 3.43. The SMILES string of the molecule is O.O=C(O)C(=O)c1ccsc1. The fourth-order valence-corrected chi connectivity index (χ4v) is 1.15. The number of hydrogen-bond acceptors (Lipinski definition) is 3. The molecule has 0 aliphatic rings. The highest BCUT2D eigenvalue weighted by Crippen LogP contribution is 2.06. The van der Waals surface area contributed by atoms with Crippen LogP contribution in [0.5, 0.6) is 0 Å². The quantitative estimate of drug-likeness (QED) is 0.513. The predicted octanol–water partition coefficient (Wildman–Crippen LogP) is 0.191. The van der Waals surface area contributed by atoms with Crippen molar-refractivity contribution in [1.82, 2.24) is 0 Å². The number of thiophene rings is 1. The third-order valence-electron chi connectivity index (χ3n) is 0.978. The molecule has 0 amide bonds. The molecule has 0 aliphatic heterocycles. The fourth-order valence-electron chi connectivity index (χ4n) is 0.517. The number of ketones is 1. The van der Waals surface area contributed by atoms with Gasteiger partial charge in [-0.2, -0.15) is 11.3 Å². The Morgan fingerprint density at radius 2 is 2.09 bits per heavy atom. The van der Waals surface area contributed by atoms with Gasteiger partial charge in [0.1, 0.15) is 0 Å². The number of rotatable bonds is 2. The minimum Gasteiger partial charge on any atom is -0.475 e. The molecule has 0 saturated carbocycles. The number of aliphatic carboxylic acids is 1. The first-order chi connectivity index (χ1) is 4.72. The zero-order valence-electron chi connectivity index (χ0n) is 5.40. The van der Waals surface area contributed by atoms with Gasteiger partial charge in [0, 0.05) is 10.9 Å². The third kappa shape index (κ3) is 2.14. The van der Waals surface area contributed by atoms with Gasteiger partial charge in [0.05, 0.1) is 0 Å². The smallest absolute Gasteiger partial charge is 0.377 e. The molecule has 1 aromatic rings. The van der Waals surface area contributed by atoms with Crippen LogP contribution in [0.1, 0.15) is 10.4 Å². The van der Waals surface area contributed by atoms with Crippen LogP contribution in [0, 0.1) is 0 Å². The van der Waals surface area contributed by atoms with E-state index in [4.69, 9.17) is 5.11 Å². The van der Waals surface area contributed by atoms with Gasteiger partial charge < -0.3 is 10.6 Å². The molecule has 0 spiro atoms. The van der Waals surface area contributed by atoms with Crippen LogP contribution in [-0.4, -0.2) is 22.3 Å². The summed E-state index contributed by atoms with van der Waals surface area (Å²) in [5, 5.41) is 11.4. The standard InChI is InChI=1S/C6H4O3S.H2O/c7-5(6(8)9)4-1-2-10-3-4;/h1-3H,(H,8,9);1H2. The van der Waals surface area contributed by atoms with E-state index < -0.39 is 11.8 Å². The average Bonchev–Trinajstić information content (AvgIpc) is 2.36. The van der Waals surface area contributed by atoms with E-state index in [-0.39, 0.29) is 11.0 Å². The molecule has 11 heavy (non-hydrogen) atoms. The van der Waals surface area contributed by atoms with Crippen molar-refractivity contribution >= 4 is 23.1 Å². The highest BCUT2D eigenvalue weighted by molar-refractivity contribution is 7.08. The molecule has 0 unspecified atom stereocenters. The highest BCUT2D eigenvalue weighted by Gasteiger charge is 2.13. The highest BCUT2D eigenvalue weighted by atomic mass is 32.1. The van der Waals surface area contributed by atoms with E-state index in [1.165, 1.54) is 22.8 Å². The lowest BCUT2D eigenvalue weighted by atomic mass is 10.2. The van der Waals surface area contributed by atoms with Crippen molar-refractivity contribution in [3.63, 3.8) is 0 Å². The van der Waals surface area contributed by atoms with Crippen LogP contribution < -0.4 is 0 Å². The van der Waals surface area contributed by atoms with E-state index in [1.54, 1.807) is 5.38 Å². The third-order valence-corrected chi connectivity index (χ3v) is 1.66. The number of carbonyl (C=O) groups excluding carboxylic acids is 1. The van der Waals surface area contributed by atoms with Gasteiger partial charge in [-0.25, -0.2) is 4.79 Å². The first kappa shape index (κ1) is 9.80. The zero-order chi connectivity index (χ0) is 7.56. The van der Waals surface area contributed by atoms with E-state index in [2.05, 4.69) is 0 Å². The van der Waals surface area contributed by atoms with Crippen molar-refractivity contribution in [2.75, 3.05) is 0 Å². The molecule has 1 aromatic heterocycles. The van der Waals surface area contributed by atoms with Gasteiger partial charge in [-0.1, -0.05) is 0 Å². The summed E-state index contributed by atoms with van der Waals surface area (Å²) >= 11 is 1.30. The summed E-state index contributed by atoms with van der Waals surface area (Å²) in [6.45, 7) is 0. The van der Waals surface area contributed by atoms with Crippen molar-refractivity contribution in [2.24, 2.45) is 0 Å². The molecular weight excluding hydrogens is 168 g/mol. The summed E-state index contributed by atoms with van der Waals surface area (Å²) in [7, 11) is 0. The van der Waals surface area contributed by atoms with Crippen molar-refractivity contribution < 1.29 is 20.2 Å². The van der Waals surface area contributed by atoms with Crippen LogP contribution in [0.4, 0.5) is 0 Å². The van der Waals surface area contributed by atoms with E-state index in [0.717, 1.165) is 0 Å². The number of carboxylic acids is 1. The van der Waals surface area contributed by atoms with Gasteiger partial charge >= 0.3 is 5.97 Å². The Bertz CT molecular complexity index is 252. The molecule has 1 heterocycles. The average molecular weight is 174 g/mol. The molecule has 0 aromatic carbocycles. The van der Waals surface area contributed by atoms with Crippen molar-refractivity contribution in [3.8, 4) is 0 Å². The van der Waals surface area contributed by atoms with Gasteiger partial charge in [0.25, 0.3) is 5.78 Å². The van der Waals surface area contributed by atoms with Gasteiger partial charge in [0.2, 0.25) is 0 Å². The Balaban J connectivity index is 0.000001000. The maximum absolute atomic E-state index is 10.6. The maximum Gasteiger partial charge on any atom is 0.377 e. The predicted molar refractivity (Wildman–Crippen MR) is 39.9 cm³/mol. The topological polar surface area (TPSA) is 85.9 Å². The molecule has 0 saturated heterocycles. The maximum atomic E-state index is 10.6. The molecule has 4 nitrogen and oxygen atoms in total. The molecule has 60 valence electrons. The molecule has 0 radical (unpaired) electrons. The molecule has 5 heteroatoms. The summed E-state index contributed by atoms with van der Waals surface area (Å²) in [5.74, 6) is -2.25. The van der Waals surface area contributed by atoms with Crippen molar-refractivity contribution in [2.45, 2.75) is 0 Å². The summed E-state index contributed by atoms with van der Waals surface area (Å²) in [6, 6.07) is 1.49. The first-order valence-corrected chi connectivity index (χ1v) is 3.46. The minimum absolute atomic E-state index is 0. The van der Waals surface area contributed by atoms with Crippen LogP contribution >= 0.6 is 11.3 Å². The van der Waals surface area contributed by atoms with Gasteiger partial charge in [-0.15, -0.1) is 0 Å². The van der Waals surface area contributed by atoms with Crippen LogP contribution in [0.15, 0.2) is 16.8 Å². The Labute approximate surface area is 66.4 Å². The molecule has 0 atom stereocenters. The summed E-state index contributed by atoms with van der Waals surface area (Å²) in [4.78, 5) is 20.7. The van der Waals surface area contributed by atoms with E-state index in [1.807, 2.05) is 0 Å². The van der Waals surface area contributed by atoms with E-state index >= 15 is 0 Å². The summed E-state index contributed by atoms with van der Waals surface area (Å²) < 4.78 is 0. The van der Waals surface area contributed by atoms with Crippen LogP contribution in [-0.2, 0) is 4.79 Å². The molecule has 0 fully saturated rings. The zero-order valence-corrected chi connectivity index (χ0v) is 6.22. The van der Waals surface area contributed by atoms with Crippen LogP contribution in [0.25, 0.3) is 0 Å². The monoisotopic (exact) mass is 174 g/mol. The van der Waals surface area contributed by atoms with Crippen molar-refractivity contribution in [1.29, 1.82) is 0 Å². The largest absolute Gasteiger partial charge is 0.475 e. The molecule has 1 rings (SSSR count). The van der Waals surface area contributed by atoms with E-state index in [9.17, 15) is 9.59 Å². The Morgan fingerprint density at radius 1 is 1.45 bits per heavy atom. The number of hydrogen-bond donors (Lipinski definition) is 1. The molecule has 3 N–H and O–H groups in total. The minimum atomic E-state index is -1.40. The summed E-state index contributed by atoms with van der Waals surface area (Å²) in [6.07, 6.45) is 0. The summed E-state index contributed by atoms with van der Waals surface area (Å²) in [5.41, 5.74) is 0.248. The lowest BCUT2D eigenvalue weighted by Crippen LogP contribution is -2.11. The normalized spacial score (nSPS) is 8.36. The second-order valence-electron chi connectivity index (χ2n) is 1.65. The lowest BCUT2D eigenvalue weighted by molar-refractivity contribution is -0.131. The lowest BCUT2D eigenvalue weighted by Gasteiger charge is -1.85. The van der Waals surface area contributed by atoms with Gasteiger partial charge in [-0.3, -0.25) is 4.79 Å². The Morgan fingerprint density at radius 3 is 2.45 bits per heavy atom. The van der Waals surface area contributed by atoms with Crippen molar-refractivity contribution in [3.05, 3.63) is 22.4 Å². The number of Topliss-reactive ketones (excluding diaryl/α,β-unsaturated/α-hetero) is 1. The second-order valence-corrected chi connectivity index (χ2v) is 2.43. The second kappa shape index (κ2) is 3.85.